The zero-order chi connectivity index (χ0) is 17.5. The van der Waals surface area contributed by atoms with Gasteiger partial charge in [-0.3, -0.25) is 9.78 Å². The number of rotatable bonds is 6. The monoisotopic (exact) mass is 350 g/mol. The second-order valence-corrected chi connectivity index (χ2v) is 5.10. The van der Waals surface area contributed by atoms with Crippen molar-refractivity contribution in [1.82, 2.24) is 20.6 Å². The highest BCUT2D eigenvalue weighted by Crippen LogP contribution is 2.12. The Balaban J connectivity index is 2.04. The number of nitrogens with zero attached hydrogens (tertiary/aromatic N) is 2. The van der Waals surface area contributed by atoms with Crippen LogP contribution >= 0.6 is 11.6 Å². The third-order valence-electron chi connectivity index (χ3n) is 2.98. The highest BCUT2D eigenvalue weighted by Gasteiger charge is 2.11. The van der Waals surface area contributed by atoms with Crippen molar-refractivity contribution in [2.45, 2.75) is 13.1 Å². The number of aromatic nitrogens is 2. The number of nitrogens with one attached hydrogen (secondary N) is 2. The lowest BCUT2D eigenvalue weighted by Gasteiger charge is -2.08. The molecule has 0 unspecified atom stereocenters. The fraction of sp³-hybridized carbons (Fsp3) is 0.200. The van der Waals surface area contributed by atoms with Crippen LogP contribution in [0, 0.1) is 0 Å². The molecule has 126 valence electrons. The van der Waals surface area contributed by atoms with Gasteiger partial charge in [-0.15, -0.1) is 0 Å². The summed E-state index contributed by atoms with van der Waals surface area (Å²) >= 11 is 5.87. The van der Waals surface area contributed by atoms with Crippen molar-refractivity contribution in [1.29, 1.82) is 0 Å². The van der Waals surface area contributed by atoms with Gasteiger partial charge in [0, 0.05) is 18.8 Å². The van der Waals surface area contributed by atoms with Crippen molar-refractivity contribution in [3.63, 3.8) is 0 Å². The lowest BCUT2D eigenvalue weighted by molar-refractivity contribution is 0.0945. The summed E-state index contributed by atoms with van der Waals surface area (Å²) in [5, 5.41) is 13.6. The van der Waals surface area contributed by atoms with Gasteiger partial charge in [-0.2, -0.15) is 0 Å². The molecule has 0 aliphatic rings. The van der Waals surface area contributed by atoms with Crippen LogP contribution in [0.4, 0.5) is 4.79 Å². The molecular formula is C15H15ClN4O4. The Morgan fingerprint density at radius 1 is 1.25 bits per heavy atom. The van der Waals surface area contributed by atoms with Gasteiger partial charge in [0.25, 0.3) is 5.91 Å². The molecule has 2 aromatic heterocycles. The molecule has 3 N–H and O–H groups in total. The number of halogens is 1. The standard InChI is InChI=1S/C15H15ClN4O4/c1-24-11-2-3-17-10(6-11)8-18-14(21)12-4-9(5-13(16)20-12)7-19-15(22)23/h2-6,19H,7-8H2,1H3,(H,18,21)(H,22,23). The van der Waals surface area contributed by atoms with Gasteiger partial charge in [-0.05, 0) is 23.8 Å². The Labute approximate surface area is 142 Å². The summed E-state index contributed by atoms with van der Waals surface area (Å²) in [6, 6.07) is 6.35. The average molecular weight is 351 g/mol. The molecule has 0 radical (unpaired) electrons. The molecule has 0 saturated carbocycles. The third kappa shape index (κ3) is 5.10. The van der Waals surface area contributed by atoms with E-state index >= 15 is 0 Å². The molecule has 24 heavy (non-hydrogen) atoms. The topological polar surface area (TPSA) is 113 Å². The van der Waals surface area contributed by atoms with E-state index < -0.39 is 12.0 Å². The van der Waals surface area contributed by atoms with Gasteiger partial charge in [0.2, 0.25) is 0 Å². The number of carboxylic acid groups (broad SMARTS) is 1. The predicted octanol–water partition coefficient (Wildman–Crippen LogP) is 1.84. The van der Waals surface area contributed by atoms with E-state index in [-0.39, 0.29) is 23.9 Å². The van der Waals surface area contributed by atoms with E-state index in [9.17, 15) is 9.59 Å². The number of amides is 2. The first-order valence-electron chi connectivity index (χ1n) is 6.88. The number of ether oxygens (including phenoxy) is 1. The molecule has 0 aromatic carbocycles. The summed E-state index contributed by atoms with van der Waals surface area (Å²) in [5.74, 6) is 0.191. The zero-order valence-electron chi connectivity index (χ0n) is 12.7. The van der Waals surface area contributed by atoms with Gasteiger partial charge in [0.1, 0.15) is 16.6 Å². The molecule has 2 amide bonds. The van der Waals surface area contributed by atoms with Gasteiger partial charge in [-0.1, -0.05) is 11.6 Å². The quantitative estimate of drug-likeness (QED) is 0.685. The summed E-state index contributed by atoms with van der Waals surface area (Å²) in [4.78, 5) is 30.8. The van der Waals surface area contributed by atoms with E-state index in [2.05, 4.69) is 20.6 Å². The van der Waals surface area contributed by atoms with Crippen LogP contribution in [0.15, 0.2) is 30.5 Å². The minimum Gasteiger partial charge on any atom is -0.497 e. The maximum Gasteiger partial charge on any atom is 0.404 e. The lowest BCUT2D eigenvalue weighted by Crippen LogP contribution is -2.25. The number of hydrogen-bond acceptors (Lipinski definition) is 5. The van der Waals surface area contributed by atoms with E-state index in [0.29, 0.717) is 17.0 Å². The van der Waals surface area contributed by atoms with E-state index in [1.54, 1.807) is 25.4 Å². The average Bonchev–Trinajstić information content (AvgIpc) is 2.57. The van der Waals surface area contributed by atoms with Gasteiger partial charge < -0.3 is 20.5 Å². The molecule has 2 rings (SSSR count). The van der Waals surface area contributed by atoms with Crippen molar-refractivity contribution >= 4 is 23.6 Å². The number of pyridine rings is 2. The SMILES string of the molecule is COc1ccnc(CNC(=O)c2cc(CNC(=O)O)cc(Cl)n2)c1. The fourth-order valence-electron chi connectivity index (χ4n) is 1.89. The Bertz CT molecular complexity index is 754. The second kappa shape index (κ2) is 8.11. The van der Waals surface area contributed by atoms with Gasteiger partial charge in [0.05, 0.1) is 19.3 Å². The maximum atomic E-state index is 12.2. The smallest absolute Gasteiger partial charge is 0.404 e. The number of carbonyl (C=O) groups is 2. The van der Waals surface area contributed by atoms with Crippen LogP contribution in [0.3, 0.4) is 0 Å². The fourth-order valence-corrected chi connectivity index (χ4v) is 2.12. The van der Waals surface area contributed by atoms with Gasteiger partial charge in [-0.25, -0.2) is 9.78 Å². The van der Waals surface area contributed by atoms with Crippen LogP contribution in [0.1, 0.15) is 21.7 Å². The first-order chi connectivity index (χ1) is 11.5. The third-order valence-corrected chi connectivity index (χ3v) is 3.18. The Hall–Kier alpha value is -2.87. The number of methoxy groups -OCH3 is 1. The van der Waals surface area contributed by atoms with Gasteiger partial charge in [0.15, 0.2) is 0 Å². The summed E-state index contributed by atoms with van der Waals surface area (Å²) in [6.45, 7) is 0.211. The molecule has 0 saturated heterocycles. The van der Waals surface area contributed by atoms with Crippen LogP contribution in [-0.4, -0.2) is 34.2 Å². The molecule has 0 fully saturated rings. The van der Waals surface area contributed by atoms with Crippen molar-refractivity contribution in [2.24, 2.45) is 0 Å². The first kappa shape index (κ1) is 17.5. The van der Waals surface area contributed by atoms with Crippen LogP contribution in [0.5, 0.6) is 5.75 Å². The molecule has 0 bridgehead atoms. The molecule has 8 nitrogen and oxygen atoms in total. The molecular weight excluding hydrogens is 336 g/mol. The highest BCUT2D eigenvalue weighted by molar-refractivity contribution is 6.29. The van der Waals surface area contributed by atoms with Crippen molar-refractivity contribution in [3.05, 3.63) is 52.6 Å². The predicted molar refractivity (Wildman–Crippen MR) is 86.1 cm³/mol. The summed E-state index contributed by atoms with van der Waals surface area (Å²) in [7, 11) is 1.54. The first-order valence-corrected chi connectivity index (χ1v) is 7.26. The lowest BCUT2D eigenvalue weighted by atomic mass is 10.2. The Kier molecular flexibility index (Phi) is 5.91. The maximum absolute atomic E-state index is 12.2. The summed E-state index contributed by atoms with van der Waals surface area (Å²) in [5.41, 5.74) is 1.24. The molecule has 0 aliphatic carbocycles. The molecule has 0 spiro atoms. The second-order valence-electron chi connectivity index (χ2n) is 4.71. The van der Waals surface area contributed by atoms with E-state index in [0.717, 1.165) is 0 Å². The van der Waals surface area contributed by atoms with Gasteiger partial charge >= 0.3 is 6.09 Å². The molecule has 0 atom stereocenters. The van der Waals surface area contributed by atoms with Crippen molar-refractivity contribution in [3.8, 4) is 5.75 Å². The molecule has 0 aliphatic heterocycles. The minimum atomic E-state index is -1.17. The van der Waals surface area contributed by atoms with E-state index in [1.807, 2.05) is 0 Å². The van der Waals surface area contributed by atoms with Crippen LogP contribution < -0.4 is 15.4 Å². The van der Waals surface area contributed by atoms with Crippen molar-refractivity contribution < 1.29 is 19.4 Å². The van der Waals surface area contributed by atoms with E-state index in [4.69, 9.17) is 21.4 Å². The summed E-state index contributed by atoms with van der Waals surface area (Å²) < 4.78 is 5.09. The molecule has 2 heterocycles. The largest absolute Gasteiger partial charge is 0.497 e. The van der Waals surface area contributed by atoms with E-state index in [1.165, 1.54) is 12.1 Å². The molecule has 2 aromatic rings. The Morgan fingerprint density at radius 2 is 2.04 bits per heavy atom. The normalized spacial score (nSPS) is 10.1. The number of carbonyl (C=O) groups excluding carboxylic acids is 1. The zero-order valence-corrected chi connectivity index (χ0v) is 13.5. The highest BCUT2D eigenvalue weighted by atomic mass is 35.5. The van der Waals surface area contributed by atoms with Crippen LogP contribution in [-0.2, 0) is 13.1 Å². The Morgan fingerprint density at radius 3 is 2.75 bits per heavy atom. The molecule has 9 heteroatoms. The minimum absolute atomic E-state index is 0.0231. The summed E-state index contributed by atoms with van der Waals surface area (Å²) in [6.07, 6.45) is 0.409. The van der Waals surface area contributed by atoms with Crippen LogP contribution in [0.25, 0.3) is 0 Å². The van der Waals surface area contributed by atoms with Crippen molar-refractivity contribution in [2.75, 3.05) is 7.11 Å². The number of hydrogen-bond donors (Lipinski definition) is 3. The van der Waals surface area contributed by atoms with Crippen LogP contribution in [0.2, 0.25) is 5.15 Å².